The molecule has 1 aromatic carbocycles. The Morgan fingerprint density at radius 3 is 2.76 bits per heavy atom. The predicted octanol–water partition coefficient (Wildman–Crippen LogP) is 1.56. The fraction of sp³-hybridized carbons (Fsp3) is 0.308. The fourth-order valence-electron chi connectivity index (χ4n) is 1.48. The largest absolute Gasteiger partial charge is 0.478 e. The Hall–Kier alpha value is -1.65. The standard InChI is InChI=1S/C13H17NO3/c1-17-10-12-6-3-2-5-11(12)9-14-8-4-7-13(15)16/h2-7,14H,8-10H2,1H3,(H,15,16)/b7-4+. The third-order valence-electron chi connectivity index (χ3n) is 2.26. The summed E-state index contributed by atoms with van der Waals surface area (Å²) >= 11 is 0. The highest BCUT2D eigenvalue weighted by molar-refractivity contribution is 5.79. The summed E-state index contributed by atoms with van der Waals surface area (Å²) in [4.78, 5) is 10.2. The van der Waals surface area contributed by atoms with E-state index in [4.69, 9.17) is 9.84 Å². The molecule has 92 valence electrons. The van der Waals surface area contributed by atoms with Gasteiger partial charge in [-0.1, -0.05) is 30.3 Å². The zero-order chi connectivity index (χ0) is 12.5. The van der Waals surface area contributed by atoms with Gasteiger partial charge in [-0.25, -0.2) is 4.79 Å². The minimum Gasteiger partial charge on any atom is -0.478 e. The molecule has 0 fully saturated rings. The van der Waals surface area contributed by atoms with Crippen LogP contribution in [0.25, 0.3) is 0 Å². The van der Waals surface area contributed by atoms with Crippen molar-refractivity contribution in [3.05, 3.63) is 47.5 Å². The van der Waals surface area contributed by atoms with Crippen molar-refractivity contribution in [2.45, 2.75) is 13.2 Å². The van der Waals surface area contributed by atoms with Crippen molar-refractivity contribution in [1.82, 2.24) is 5.32 Å². The maximum absolute atomic E-state index is 10.2. The molecule has 0 spiro atoms. The van der Waals surface area contributed by atoms with E-state index in [9.17, 15) is 4.79 Å². The monoisotopic (exact) mass is 235 g/mol. The second kappa shape index (κ2) is 7.60. The van der Waals surface area contributed by atoms with Crippen LogP contribution in [-0.4, -0.2) is 24.7 Å². The minimum absolute atomic E-state index is 0.535. The number of methoxy groups -OCH3 is 1. The summed E-state index contributed by atoms with van der Waals surface area (Å²) in [6.45, 7) is 1.82. The molecule has 0 radical (unpaired) electrons. The number of nitrogens with one attached hydrogen (secondary N) is 1. The van der Waals surface area contributed by atoms with Gasteiger partial charge in [-0.3, -0.25) is 0 Å². The lowest BCUT2D eigenvalue weighted by Crippen LogP contribution is -2.14. The number of hydrogen-bond donors (Lipinski definition) is 2. The Bertz CT molecular complexity index is 388. The van der Waals surface area contributed by atoms with Crippen LogP contribution < -0.4 is 5.32 Å². The van der Waals surface area contributed by atoms with Crippen molar-refractivity contribution < 1.29 is 14.6 Å². The lowest BCUT2D eigenvalue weighted by Gasteiger charge is -2.08. The maximum atomic E-state index is 10.2. The Labute approximate surface area is 101 Å². The van der Waals surface area contributed by atoms with E-state index in [-0.39, 0.29) is 0 Å². The van der Waals surface area contributed by atoms with Crippen LogP contribution in [0.15, 0.2) is 36.4 Å². The van der Waals surface area contributed by atoms with Crippen molar-refractivity contribution >= 4 is 5.97 Å². The average Bonchev–Trinajstić information content (AvgIpc) is 2.31. The normalized spacial score (nSPS) is 10.9. The highest BCUT2D eigenvalue weighted by Crippen LogP contribution is 2.09. The quantitative estimate of drug-likeness (QED) is 0.556. The molecular formula is C13H17NO3. The molecule has 0 aliphatic heterocycles. The molecule has 0 unspecified atom stereocenters. The van der Waals surface area contributed by atoms with E-state index in [1.54, 1.807) is 13.2 Å². The smallest absolute Gasteiger partial charge is 0.328 e. The van der Waals surface area contributed by atoms with Gasteiger partial charge in [0.15, 0.2) is 0 Å². The summed E-state index contributed by atoms with van der Waals surface area (Å²) in [7, 11) is 1.67. The molecule has 17 heavy (non-hydrogen) atoms. The van der Waals surface area contributed by atoms with Gasteiger partial charge in [0.05, 0.1) is 6.61 Å². The molecule has 0 heterocycles. The Balaban J connectivity index is 2.43. The molecule has 0 saturated heterocycles. The van der Waals surface area contributed by atoms with Gasteiger partial charge in [0.1, 0.15) is 0 Å². The van der Waals surface area contributed by atoms with Crippen LogP contribution >= 0.6 is 0 Å². The molecular weight excluding hydrogens is 218 g/mol. The van der Waals surface area contributed by atoms with Crippen LogP contribution in [0.5, 0.6) is 0 Å². The van der Waals surface area contributed by atoms with Crippen molar-refractivity contribution in [1.29, 1.82) is 0 Å². The lowest BCUT2D eigenvalue weighted by atomic mass is 10.1. The number of carboxylic acid groups (broad SMARTS) is 1. The van der Waals surface area contributed by atoms with Crippen LogP contribution in [0.2, 0.25) is 0 Å². The van der Waals surface area contributed by atoms with Crippen LogP contribution in [0.1, 0.15) is 11.1 Å². The van der Waals surface area contributed by atoms with Gasteiger partial charge in [-0.15, -0.1) is 0 Å². The molecule has 1 rings (SSSR count). The van der Waals surface area contributed by atoms with Crippen LogP contribution in [-0.2, 0) is 22.7 Å². The number of aliphatic carboxylic acids is 1. The highest BCUT2D eigenvalue weighted by atomic mass is 16.5. The summed E-state index contributed by atoms with van der Waals surface area (Å²) in [5, 5.41) is 11.6. The fourth-order valence-corrected chi connectivity index (χ4v) is 1.48. The molecule has 2 N–H and O–H groups in total. The number of carbonyl (C=O) groups is 1. The van der Waals surface area contributed by atoms with E-state index >= 15 is 0 Å². The molecule has 0 saturated carbocycles. The van der Waals surface area contributed by atoms with E-state index in [1.807, 2.05) is 24.3 Å². The van der Waals surface area contributed by atoms with Gasteiger partial charge in [0, 0.05) is 26.3 Å². The van der Waals surface area contributed by atoms with Gasteiger partial charge in [0.25, 0.3) is 0 Å². The first-order chi connectivity index (χ1) is 8.24. The van der Waals surface area contributed by atoms with Crippen molar-refractivity contribution in [2.75, 3.05) is 13.7 Å². The van der Waals surface area contributed by atoms with Crippen LogP contribution in [0.3, 0.4) is 0 Å². The topological polar surface area (TPSA) is 58.6 Å². The first-order valence-electron chi connectivity index (χ1n) is 5.40. The molecule has 0 atom stereocenters. The Morgan fingerprint density at radius 1 is 1.41 bits per heavy atom. The molecule has 0 aliphatic rings. The zero-order valence-corrected chi connectivity index (χ0v) is 9.85. The Kier molecular flexibility index (Phi) is 5.99. The minimum atomic E-state index is -0.924. The van der Waals surface area contributed by atoms with Gasteiger partial charge in [0.2, 0.25) is 0 Å². The van der Waals surface area contributed by atoms with Crippen molar-refractivity contribution in [3.8, 4) is 0 Å². The highest BCUT2D eigenvalue weighted by Gasteiger charge is 1.99. The molecule has 1 aromatic rings. The van der Waals surface area contributed by atoms with Gasteiger partial charge in [-0.05, 0) is 11.1 Å². The van der Waals surface area contributed by atoms with Crippen LogP contribution in [0, 0.1) is 0 Å². The number of benzene rings is 1. The first kappa shape index (κ1) is 13.4. The zero-order valence-electron chi connectivity index (χ0n) is 9.85. The van der Waals surface area contributed by atoms with Crippen molar-refractivity contribution in [3.63, 3.8) is 0 Å². The SMILES string of the molecule is COCc1ccccc1CNC/C=C/C(=O)O. The third-order valence-corrected chi connectivity index (χ3v) is 2.26. The average molecular weight is 235 g/mol. The summed E-state index contributed by atoms with van der Waals surface area (Å²) < 4.78 is 5.11. The third kappa shape index (κ3) is 5.29. The second-order valence-electron chi connectivity index (χ2n) is 3.57. The summed E-state index contributed by atoms with van der Waals surface area (Å²) in [6.07, 6.45) is 2.72. The van der Waals surface area contributed by atoms with E-state index in [0.29, 0.717) is 19.7 Å². The number of carboxylic acids is 1. The van der Waals surface area contributed by atoms with Gasteiger partial charge in [-0.2, -0.15) is 0 Å². The summed E-state index contributed by atoms with van der Waals surface area (Å²) in [6, 6.07) is 8.00. The number of rotatable bonds is 7. The molecule has 4 nitrogen and oxygen atoms in total. The molecule has 4 heteroatoms. The lowest BCUT2D eigenvalue weighted by molar-refractivity contribution is -0.131. The molecule has 0 amide bonds. The first-order valence-corrected chi connectivity index (χ1v) is 5.40. The summed E-state index contributed by atoms with van der Waals surface area (Å²) in [5.74, 6) is -0.924. The second-order valence-corrected chi connectivity index (χ2v) is 3.57. The van der Waals surface area contributed by atoms with E-state index in [1.165, 1.54) is 0 Å². The van der Waals surface area contributed by atoms with Crippen LogP contribution in [0.4, 0.5) is 0 Å². The summed E-state index contributed by atoms with van der Waals surface area (Å²) in [5.41, 5.74) is 2.31. The Morgan fingerprint density at radius 2 is 2.12 bits per heavy atom. The molecule has 0 aromatic heterocycles. The van der Waals surface area contributed by atoms with Crippen molar-refractivity contribution in [2.24, 2.45) is 0 Å². The van der Waals surface area contributed by atoms with E-state index < -0.39 is 5.97 Å². The molecule has 0 aliphatic carbocycles. The van der Waals surface area contributed by atoms with Gasteiger partial charge < -0.3 is 15.2 Å². The van der Waals surface area contributed by atoms with E-state index in [0.717, 1.165) is 17.2 Å². The van der Waals surface area contributed by atoms with E-state index in [2.05, 4.69) is 5.32 Å². The number of ether oxygens (including phenoxy) is 1. The predicted molar refractivity (Wildman–Crippen MR) is 65.6 cm³/mol. The maximum Gasteiger partial charge on any atom is 0.328 e. The number of hydrogen-bond acceptors (Lipinski definition) is 3. The van der Waals surface area contributed by atoms with Gasteiger partial charge >= 0.3 is 5.97 Å². The molecule has 0 bridgehead atoms.